The zero-order chi connectivity index (χ0) is 16.3. The molecule has 2 aromatic rings. The van der Waals surface area contributed by atoms with E-state index in [1.165, 1.54) is 12.0 Å². The zero-order valence-corrected chi connectivity index (χ0v) is 13.8. The van der Waals surface area contributed by atoms with Crippen molar-refractivity contribution in [2.24, 2.45) is 11.1 Å². The van der Waals surface area contributed by atoms with Crippen LogP contribution in [0.25, 0.3) is 0 Å². The van der Waals surface area contributed by atoms with Crippen LogP contribution in [0.1, 0.15) is 30.6 Å². The molecule has 0 saturated carbocycles. The number of aryl methyl sites for hydroxylation is 1. The monoisotopic (exact) mass is 316 g/mol. The molecule has 1 fully saturated rings. The predicted molar refractivity (Wildman–Crippen MR) is 86.9 cm³/mol. The molecule has 2 heterocycles. The van der Waals surface area contributed by atoms with Crippen LogP contribution in [0.5, 0.6) is 5.75 Å². The van der Waals surface area contributed by atoms with Crippen LogP contribution >= 0.6 is 0 Å². The van der Waals surface area contributed by atoms with Crippen molar-refractivity contribution < 1.29 is 9.26 Å². The van der Waals surface area contributed by atoms with Crippen molar-refractivity contribution in [2.45, 2.75) is 33.4 Å². The number of aromatic nitrogens is 2. The average molecular weight is 316 g/mol. The van der Waals surface area contributed by atoms with Gasteiger partial charge in [-0.3, -0.25) is 4.90 Å². The third kappa shape index (κ3) is 4.09. The molecule has 6 heteroatoms. The molecule has 0 radical (unpaired) electrons. The molecular formula is C17H24N4O2. The largest absolute Gasteiger partial charge is 0.485 e. The van der Waals surface area contributed by atoms with Crippen molar-refractivity contribution in [3.8, 4) is 5.75 Å². The van der Waals surface area contributed by atoms with E-state index in [0.717, 1.165) is 31.9 Å². The Hall–Kier alpha value is -1.92. The van der Waals surface area contributed by atoms with Gasteiger partial charge in [-0.25, -0.2) is 0 Å². The highest BCUT2D eigenvalue weighted by molar-refractivity contribution is 5.27. The first-order valence-electron chi connectivity index (χ1n) is 8.00. The molecule has 0 amide bonds. The van der Waals surface area contributed by atoms with E-state index in [0.29, 0.717) is 18.3 Å². The van der Waals surface area contributed by atoms with Gasteiger partial charge in [0, 0.05) is 20.0 Å². The van der Waals surface area contributed by atoms with E-state index in [9.17, 15) is 0 Å². The molecule has 0 spiro atoms. The summed E-state index contributed by atoms with van der Waals surface area (Å²) in [4.78, 5) is 6.58. The fourth-order valence-corrected chi connectivity index (χ4v) is 2.92. The Balaban J connectivity index is 1.51. The van der Waals surface area contributed by atoms with Crippen LogP contribution in [0.2, 0.25) is 0 Å². The number of likely N-dealkylation sites (tertiary alicyclic amines) is 1. The third-order valence-corrected chi connectivity index (χ3v) is 4.40. The van der Waals surface area contributed by atoms with Crippen molar-refractivity contribution in [3.63, 3.8) is 0 Å². The van der Waals surface area contributed by atoms with Gasteiger partial charge in [-0.15, -0.1) is 0 Å². The molecule has 124 valence electrons. The van der Waals surface area contributed by atoms with Crippen LogP contribution in [-0.2, 0) is 13.2 Å². The molecule has 1 aliphatic rings. The van der Waals surface area contributed by atoms with Gasteiger partial charge >= 0.3 is 0 Å². The number of benzene rings is 1. The van der Waals surface area contributed by atoms with Crippen molar-refractivity contribution in [2.75, 3.05) is 19.6 Å². The third-order valence-electron chi connectivity index (χ3n) is 4.40. The maximum Gasteiger partial charge on any atom is 0.223 e. The van der Waals surface area contributed by atoms with Gasteiger partial charge in [-0.2, -0.15) is 4.98 Å². The molecule has 1 saturated heterocycles. The second-order valence-electron chi connectivity index (χ2n) is 6.64. The molecule has 1 atom stereocenters. The first-order valence-corrected chi connectivity index (χ1v) is 8.00. The Bertz CT molecular complexity index is 640. The summed E-state index contributed by atoms with van der Waals surface area (Å²) in [6.07, 6.45) is 1.18. The Morgan fingerprint density at radius 3 is 2.74 bits per heavy atom. The fraction of sp³-hybridized carbons (Fsp3) is 0.529. The van der Waals surface area contributed by atoms with E-state index in [2.05, 4.69) is 34.1 Å². The summed E-state index contributed by atoms with van der Waals surface area (Å²) in [6, 6.07) is 8.19. The maximum absolute atomic E-state index is 5.87. The Morgan fingerprint density at radius 2 is 2.13 bits per heavy atom. The summed E-state index contributed by atoms with van der Waals surface area (Å²) in [7, 11) is 0. The summed E-state index contributed by atoms with van der Waals surface area (Å²) in [5, 5.41) is 3.81. The minimum atomic E-state index is 0.270. The smallest absolute Gasteiger partial charge is 0.223 e. The first-order chi connectivity index (χ1) is 11.1. The van der Waals surface area contributed by atoms with Gasteiger partial charge in [0.05, 0.1) is 0 Å². The van der Waals surface area contributed by atoms with Crippen LogP contribution in [0.15, 0.2) is 28.8 Å². The quantitative estimate of drug-likeness (QED) is 0.879. The molecule has 0 aliphatic carbocycles. The SMILES string of the molecule is Cc1nc(COc2ccc(CN3CCC(C)(CN)C3)cc2)no1. The lowest BCUT2D eigenvalue weighted by atomic mass is 9.90. The van der Waals surface area contributed by atoms with Gasteiger partial charge in [0.25, 0.3) is 0 Å². The summed E-state index contributed by atoms with van der Waals surface area (Å²) < 4.78 is 10.6. The van der Waals surface area contributed by atoms with Crippen LogP contribution < -0.4 is 10.5 Å². The molecule has 6 nitrogen and oxygen atoms in total. The molecule has 3 rings (SSSR count). The van der Waals surface area contributed by atoms with Gasteiger partial charge in [-0.1, -0.05) is 24.2 Å². The normalized spacial score (nSPS) is 21.7. The molecular weight excluding hydrogens is 292 g/mol. The van der Waals surface area contributed by atoms with Crippen LogP contribution in [0, 0.1) is 12.3 Å². The second-order valence-corrected chi connectivity index (χ2v) is 6.64. The van der Waals surface area contributed by atoms with Crippen molar-refractivity contribution >= 4 is 0 Å². The predicted octanol–water partition coefficient (Wildman–Crippen LogP) is 2.13. The highest BCUT2D eigenvalue weighted by Crippen LogP contribution is 2.29. The second kappa shape index (κ2) is 6.68. The fourth-order valence-electron chi connectivity index (χ4n) is 2.92. The molecule has 1 aromatic carbocycles. The number of hydrogen-bond acceptors (Lipinski definition) is 6. The van der Waals surface area contributed by atoms with Gasteiger partial charge in [-0.05, 0) is 42.6 Å². The van der Waals surface area contributed by atoms with E-state index in [-0.39, 0.29) is 5.41 Å². The van der Waals surface area contributed by atoms with Crippen LogP contribution in [0.4, 0.5) is 0 Å². The summed E-state index contributed by atoms with van der Waals surface area (Å²) in [5.74, 6) is 1.92. The van der Waals surface area contributed by atoms with Gasteiger partial charge < -0.3 is 15.0 Å². The lowest BCUT2D eigenvalue weighted by molar-refractivity contribution is 0.273. The van der Waals surface area contributed by atoms with E-state index in [1.807, 2.05) is 12.1 Å². The van der Waals surface area contributed by atoms with Crippen molar-refractivity contribution in [1.82, 2.24) is 15.0 Å². The average Bonchev–Trinajstić information content (AvgIpc) is 3.13. The maximum atomic E-state index is 5.87. The number of hydrogen-bond donors (Lipinski definition) is 1. The minimum absolute atomic E-state index is 0.270. The Morgan fingerprint density at radius 1 is 1.35 bits per heavy atom. The number of rotatable bonds is 6. The molecule has 1 aliphatic heterocycles. The highest BCUT2D eigenvalue weighted by atomic mass is 16.5. The van der Waals surface area contributed by atoms with Crippen LogP contribution in [-0.4, -0.2) is 34.7 Å². The molecule has 23 heavy (non-hydrogen) atoms. The molecule has 2 N–H and O–H groups in total. The van der Waals surface area contributed by atoms with Crippen molar-refractivity contribution in [3.05, 3.63) is 41.5 Å². The number of nitrogens with zero attached hydrogens (tertiary/aromatic N) is 3. The molecule has 1 aromatic heterocycles. The lowest BCUT2D eigenvalue weighted by Gasteiger charge is -2.22. The van der Waals surface area contributed by atoms with Gasteiger partial charge in [0.2, 0.25) is 11.7 Å². The van der Waals surface area contributed by atoms with Gasteiger partial charge in [0.1, 0.15) is 5.75 Å². The van der Waals surface area contributed by atoms with E-state index in [1.54, 1.807) is 6.92 Å². The molecule has 1 unspecified atom stereocenters. The highest BCUT2D eigenvalue weighted by Gasteiger charge is 2.32. The summed E-state index contributed by atoms with van der Waals surface area (Å²) >= 11 is 0. The summed E-state index contributed by atoms with van der Waals surface area (Å²) in [6.45, 7) is 8.24. The lowest BCUT2D eigenvalue weighted by Crippen LogP contribution is -2.31. The topological polar surface area (TPSA) is 77.4 Å². The Kier molecular flexibility index (Phi) is 4.63. The standard InChI is InChI=1S/C17H24N4O2/c1-13-19-16(20-23-13)10-22-15-5-3-14(4-6-15)9-21-8-7-17(2,11-18)12-21/h3-6H,7-12,18H2,1-2H3. The first kappa shape index (κ1) is 16.0. The van der Waals surface area contributed by atoms with Crippen LogP contribution in [0.3, 0.4) is 0 Å². The minimum Gasteiger partial charge on any atom is -0.485 e. The summed E-state index contributed by atoms with van der Waals surface area (Å²) in [5.41, 5.74) is 7.42. The van der Waals surface area contributed by atoms with Crippen molar-refractivity contribution in [1.29, 1.82) is 0 Å². The zero-order valence-electron chi connectivity index (χ0n) is 13.8. The van der Waals surface area contributed by atoms with E-state index >= 15 is 0 Å². The van der Waals surface area contributed by atoms with E-state index < -0.39 is 0 Å². The number of ether oxygens (including phenoxy) is 1. The molecule has 0 bridgehead atoms. The van der Waals surface area contributed by atoms with E-state index in [4.69, 9.17) is 15.0 Å². The van der Waals surface area contributed by atoms with Gasteiger partial charge in [0.15, 0.2) is 6.61 Å². The number of nitrogens with two attached hydrogens (primary N) is 1. The Labute approximate surface area is 136 Å².